The molecule has 0 bridgehead atoms. The van der Waals surface area contributed by atoms with Crippen molar-refractivity contribution in [2.75, 3.05) is 24.5 Å². The third-order valence-corrected chi connectivity index (χ3v) is 18.2. The first-order valence-electron chi connectivity index (χ1n) is 30.5. The SMILES string of the molecule is C1=Cc2cc3c(cc2N(c2ccccc2)c2ccccc21)Oc1cc(N(c2ccccc2)c2ccccc2)cc2c1B3c1cc3c(cc1N2c1ccccc1)Oc1cc(N(c2ccccc2)c2ccccc2)cc2c1B3c1ccccc1N2c1ccccc1. The van der Waals surface area contributed by atoms with Gasteiger partial charge in [-0.1, -0.05) is 188 Å². The molecule has 0 radical (unpaired) electrons. The van der Waals surface area contributed by atoms with Crippen molar-refractivity contribution in [1.29, 1.82) is 0 Å². The third-order valence-electron chi connectivity index (χ3n) is 18.2. The first-order chi connectivity index (χ1) is 44.2. The van der Waals surface area contributed by atoms with E-state index in [4.69, 9.17) is 9.47 Å². The van der Waals surface area contributed by atoms with Crippen molar-refractivity contribution >= 4 is 144 Å². The Labute approximate surface area is 518 Å². The van der Waals surface area contributed by atoms with Crippen LogP contribution in [0.3, 0.4) is 0 Å². The van der Waals surface area contributed by atoms with Gasteiger partial charge in [-0.15, -0.1) is 0 Å². The number of hydrogen-bond acceptors (Lipinski definition) is 7. The average Bonchev–Trinajstić information content (AvgIpc) is 0.915. The third kappa shape index (κ3) is 8.16. The Bertz CT molecular complexity index is 4870. The van der Waals surface area contributed by atoms with Crippen LogP contribution in [-0.2, 0) is 0 Å². The van der Waals surface area contributed by atoms with E-state index in [1.807, 2.05) is 0 Å². The Morgan fingerprint density at radius 3 is 1.10 bits per heavy atom. The molecule has 0 aromatic heterocycles. The molecule has 13 aromatic carbocycles. The minimum Gasteiger partial charge on any atom is -0.458 e. The molecule has 0 spiro atoms. The first kappa shape index (κ1) is 50.6. The summed E-state index contributed by atoms with van der Waals surface area (Å²) in [5.74, 6) is 3.22. The lowest BCUT2D eigenvalue weighted by Gasteiger charge is -2.44. The number of benzene rings is 13. The average molecular weight is 1140 g/mol. The van der Waals surface area contributed by atoms with Crippen LogP contribution in [-0.4, -0.2) is 13.4 Å². The normalized spacial score (nSPS) is 13.2. The van der Waals surface area contributed by atoms with Crippen LogP contribution in [0.2, 0.25) is 0 Å². The highest BCUT2D eigenvalue weighted by Gasteiger charge is 2.48. The fraction of sp³-hybridized carbons (Fsp3) is 0. The zero-order chi connectivity index (χ0) is 58.5. The van der Waals surface area contributed by atoms with Gasteiger partial charge >= 0.3 is 0 Å². The number of fused-ring (bicyclic) bond motifs is 10. The van der Waals surface area contributed by atoms with Crippen LogP contribution in [0.15, 0.2) is 309 Å². The molecule has 0 saturated heterocycles. The molecule has 0 unspecified atom stereocenters. The highest BCUT2D eigenvalue weighted by Crippen LogP contribution is 2.51. The molecule has 0 aliphatic carbocycles. The molecule has 0 saturated carbocycles. The van der Waals surface area contributed by atoms with Gasteiger partial charge < -0.3 is 34.0 Å². The van der Waals surface area contributed by atoms with E-state index in [2.05, 4.69) is 346 Å². The number of hydrogen-bond donors (Lipinski definition) is 0. The van der Waals surface area contributed by atoms with Gasteiger partial charge in [0.1, 0.15) is 23.0 Å². The monoisotopic (exact) mass is 1140 g/mol. The summed E-state index contributed by atoms with van der Waals surface area (Å²) in [6, 6.07) is 111. The van der Waals surface area contributed by atoms with Gasteiger partial charge in [0.05, 0.1) is 22.7 Å². The van der Waals surface area contributed by atoms with E-state index in [1.165, 1.54) is 5.46 Å². The maximum absolute atomic E-state index is 7.72. The van der Waals surface area contributed by atoms with Gasteiger partial charge in [0, 0.05) is 86.8 Å². The topological polar surface area (TPSA) is 34.7 Å². The zero-order valence-corrected chi connectivity index (χ0v) is 48.3. The van der Waals surface area contributed by atoms with Gasteiger partial charge in [0.15, 0.2) is 0 Å². The van der Waals surface area contributed by atoms with Crippen LogP contribution in [0.1, 0.15) is 11.1 Å². The van der Waals surface area contributed by atoms with Crippen molar-refractivity contribution in [2.24, 2.45) is 0 Å². The second-order valence-electron chi connectivity index (χ2n) is 23.2. The van der Waals surface area contributed by atoms with Crippen molar-refractivity contribution in [1.82, 2.24) is 0 Å². The van der Waals surface area contributed by atoms with Gasteiger partial charge in [-0.25, -0.2) is 0 Å². The highest BCUT2D eigenvalue weighted by molar-refractivity contribution is 7.02. The molecule has 5 aliphatic rings. The lowest BCUT2D eigenvalue weighted by atomic mass is 9.31. The van der Waals surface area contributed by atoms with Gasteiger partial charge in [-0.3, -0.25) is 0 Å². The summed E-state index contributed by atoms with van der Waals surface area (Å²) in [5.41, 5.74) is 24.7. The summed E-state index contributed by atoms with van der Waals surface area (Å²) in [6.45, 7) is -0.477. The standard InChI is InChI=1S/C80H53B2N5O2/c1-8-27-56(28-9-1)83(57-29-10-2-11-30-57)63-47-73-79-77(49-63)89-76-53-72-66(51-68(76)81(79)65-41-23-25-43-70(65)86(73)61-37-18-6-19-38-61)82-67-46-55-45-44-54-26-22-24-42-69(54)85(60-35-16-5-17-36-60)71(55)52-75(67)88-78-50-64(48-74(80(78)82)87(72)62-39-20-7-21-40-62)84(58-31-12-3-13-32-58)59-33-14-4-15-34-59/h1-53H. The van der Waals surface area contributed by atoms with Crippen molar-refractivity contribution in [2.45, 2.75) is 0 Å². The first-order valence-corrected chi connectivity index (χ1v) is 30.5. The summed E-state index contributed by atoms with van der Waals surface area (Å²) in [5, 5.41) is 0. The molecule has 5 aliphatic heterocycles. The molecular weight excluding hydrogens is 1080 g/mol. The van der Waals surface area contributed by atoms with E-state index in [-0.39, 0.29) is 13.4 Å². The molecule has 13 aromatic rings. The maximum Gasteiger partial charge on any atom is 0.256 e. The number of nitrogens with zero attached hydrogens (tertiary/aromatic N) is 5. The fourth-order valence-electron chi connectivity index (χ4n) is 14.5. The van der Waals surface area contributed by atoms with Crippen LogP contribution in [0, 0.1) is 0 Å². The summed E-state index contributed by atoms with van der Waals surface area (Å²) in [6.07, 6.45) is 4.55. The number of ether oxygens (including phenoxy) is 2. The fourth-order valence-corrected chi connectivity index (χ4v) is 14.5. The van der Waals surface area contributed by atoms with Crippen LogP contribution in [0.4, 0.5) is 85.3 Å². The van der Waals surface area contributed by atoms with Crippen LogP contribution >= 0.6 is 0 Å². The molecule has 89 heavy (non-hydrogen) atoms. The maximum atomic E-state index is 7.72. The van der Waals surface area contributed by atoms with Gasteiger partial charge in [-0.2, -0.15) is 0 Å². The number of para-hydroxylation sites is 9. The molecule has 0 atom stereocenters. The lowest BCUT2D eigenvalue weighted by Crippen LogP contribution is -2.63. The van der Waals surface area contributed by atoms with E-state index in [0.29, 0.717) is 0 Å². The second-order valence-corrected chi connectivity index (χ2v) is 23.2. The molecule has 0 N–H and O–H groups in total. The van der Waals surface area contributed by atoms with Gasteiger partial charge in [-0.05, 0) is 153 Å². The van der Waals surface area contributed by atoms with Crippen LogP contribution in [0.25, 0.3) is 12.2 Å². The van der Waals surface area contributed by atoms with Crippen molar-refractivity contribution in [3.63, 3.8) is 0 Å². The Morgan fingerprint density at radius 1 is 0.236 bits per heavy atom. The van der Waals surface area contributed by atoms with Crippen LogP contribution < -0.4 is 66.8 Å². The van der Waals surface area contributed by atoms with E-state index >= 15 is 0 Å². The second kappa shape index (κ2) is 20.5. The highest BCUT2D eigenvalue weighted by atomic mass is 16.5. The molecule has 7 nitrogen and oxygen atoms in total. The summed E-state index contributed by atoms with van der Waals surface area (Å²) >= 11 is 0. The predicted octanol–water partition coefficient (Wildman–Crippen LogP) is 17.4. The number of anilines is 15. The summed E-state index contributed by atoms with van der Waals surface area (Å²) in [4.78, 5) is 12.0. The molecule has 416 valence electrons. The zero-order valence-electron chi connectivity index (χ0n) is 48.3. The molecule has 9 heteroatoms. The molecule has 18 rings (SSSR count). The Morgan fingerprint density at radius 2 is 0.607 bits per heavy atom. The lowest BCUT2D eigenvalue weighted by molar-refractivity contribution is 0.487. The quantitative estimate of drug-likeness (QED) is 0.133. The number of rotatable bonds is 9. The van der Waals surface area contributed by atoms with Crippen molar-refractivity contribution in [3.8, 4) is 23.0 Å². The van der Waals surface area contributed by atoms with Crippen molar-refractivity contribution < 1.29 is 9.47 Å². The Balaban J connectivity index is 0.914. The van der Waals surface area contributed by atoms with E-state index in [0.717, 1.165) is 147 Å². The van der Waals surface area contributed by atoms with Crippen molar-refractivity contribution in [3.05, 3.63) is 321 Å². The van der Waals surface area contributed by atoms with E-state index in [1.54, 1.807) is 0 Å². The minimum atomic E-state index is -0.275. The van der Waals surface area contributed by atoms with Gasteiger partial charge in [0.25, 0.3) is 13.4 Å². The van der Waals surface area contributed by atoms with Crippen LogP contribution in [0.5, 0.6) is 23.0 Å². The summed E-state index contributed by atoms with van der Waals surface area (Å²) in [7, 11) is 0. The van der Waals surface area contributed by atoms with Gasteiger partial charge in [0.2, 0.25) is 0 Å². The Hall–Kier alpha value is -11.7. The Kier molecular flexibility index (Phi) is 11.7. The van der Waals surface area contributed by atoms with E-state index in [9.17, 15) is 0 Å². The molecule has 0 amide bonds. The summed E-state index contributed by atoms with van der Waals surface area (Å²) < 4.78 is 15.4. The molecular formula is C80H53B2N5O2. The molecule has 5 heterocycles. The predicted molar refractivity (Wildman–Crippen MR) is 371 cm³/mol. The molecule has 0 fully saturated rings. The largest absolute Gasteiger partial charge is 0.458 e. The van der Waals surface area contributed by atoms with E-state index < -0.39 is 0 Å². The smallest absolute Gasteiger partial charge is 0.256 e. The minimum absolute atomic E-state index is 0.202.